The lowest BCUT2D eigenvalue weighted by atomic mass is 10.2. The van der Waals surface area contributed by atoms with E-state index in [1.807, 2.05) is 23.6 Å². The maximum atomic E-state index is 13.0. The van der Waals surface area contributed by atoms with Crippen molar-refractivity contribution in [3.05, 3.63) is 64.7 Å². The first-order valence-corrected chi connectivity index (χ1v) is 7.56. The van der Waals surface area contributed by atoms with Crippen molar-refractivity contribution in [2.24, 2.45) is 4.99 Å². The summed E-state index contributed by atoms with van der Waals surface area (Å²) in [6.45, 7) is 2.86. The first-order valence-electron chi connectivity index (χ1n) is 6.68. The van der Waals surface area contributed by atoms with Crippen LogP contribution < -0.4 is 4.80 Å². The van der Waals surface area contributed by atoms with E-state index in [0.717, 1.165) is 22.6 Å². The first-order chi connectivity index (χ1) is 10.3. The van der Waals surface area contributed by atoms with Gasteiger partial charge in [-0.2, -0.15) is 0 Å². The summed E-state index contributed by atoms with van der Waals surface area (Å²) in [5, 5.41) is 2.04. The summed E-state index contributed by atoms with van der Waals surface area (Å²) >= 11 is 1.56. The van der Waals surface area contributed by atoms with E-state index in [1.54, 1.807) is 29.7 Å². The van der Waals surface area contributed by atoms with Gasteiger partial charge in [-0.1, -0.05) is 6.07 Å². The number of hydrogen-bond acceptors (Lipinski definition) is 3. The van der Waals surface area contributed by atoms with Crippen LogP contribution in [-0.2, 0) is 6.54 Å². The van der Waals surface area contributed by atoms with E-state index in [0.29, 0.717) is 5.82 Å². The van der Waals surface area contributed by atoms with E-state index in [4.69, 9.17) is 0 Å². The largest absolute Gasteiger partial charge is 0.317 e. The molecule has 1 aromatic carbocycles. The highest BCUT2D eigenvalue weighted by molar-refractivity contribution is 7.07. The molecular formula is C16H14FN3S. The second-order valence-corrected chi connectivity index (χ2v) is 5.29. The Kier molecular flexibility index (Phi) is 3.92. The lowest BCUT2D eigenvalue weighted by molar-refractivity contribution is 0.628. The number of rotatable bonds is 3. The minimum absolute atomic E-state index is 0.226. The van der Waals surface area contributed by atoms with Gasteiger partial charge in [0.1, 0.15) is 5.82 Å². The third-order valence-electron chi connectivity index (χ3n) is 3.11. The number of thiazole rings is 1. The summed E-state index contributed by atoms with van der Waals surface area (Å²) in [7, 11) is 0. The predicted molar refractivity (Wildman–Crippen MR) is 82.8 cm³/mol. The quantitative estimate of drug-likeness (QED) is 0.719. The second kappa shape index (κ2) is 6.01. The fourth-order valence-corrected chi connectivity index (χ4v) is 3.07. The molecule has 2 aromatic heterocycles. The number of halogens is 1. The van der Waals surface area contributed by atoms with Gasteiger partial charge in [0, 0.05) is 18.1 Å². The van der Waals surface area contributed by atoms with Gasteiger partial charge >= 0.3 is 0 Å². The van der Waals surface area contributed by atoms with Crippen LogP contribution in [0.2, 0.25) is 0 Å². The van der Waals surface area contributed by atoms with Crippen molar-refractivity contribution in [1.82, 2.24) is 9.55 Å². The van der Waals surface area contributed by atoms with Crippen LogP contribution in [0.25, 0.3) is 11.3 Å². The molecule has 3 rings (SSSR count). The van der Waals surface area contributed by atoms with Crippen LogP contribution >= 0.6 is 11.3 Å². The van der Waals surface area contributed by atoms with E-state index in [1.165, 1.54) is 12.1 Å². The Bertz CT molecular complexity index is 788. The van der Waals surface area contributed by atoms with Gasteiger partial charge in [-0.15, -0.1) is 11.3 Å². The maximum Gasteiger partial charge on any atom is 0.191 e. The van der Waals surface area contributed by atoms with E-state index in [2.05, 4.69) is 21.5 Å². The fourth-order valence-electron chi connectivity index (χ4n) is 2.09. The molecule has 0 saturated heterocycles. The molecular weight excluding hydrogens is 285 g/mol. The molecule has 0 spiro atoms. The Morgan fingerprint density at radius 2 is 2.00 bits per heavy atom. The van der Waals surface area contributed by atoms with Crippen molar-refractivity contribution >= 4 is 17.2 Å². The first kappa shape index (κ1) is 13.7. The van der Waals surface area contributed by atoms with Crippen molar-refractivity contribution in [3.8, 4) is 11.3 Å². The molecule has 0 aliphatic heterocycles. The minimum atomic E-state index is -0.226. The number of benzene rings is 1. The van der Waals surface area contributed by atoms with E-state index < -0.39 is 0 Å². The normalized spacial score (nSPS) is 11.8. The van der Waals surface area contributed by atoms with Gasteiger partial charge in [0.2, 0.25) is 0 Å². The number of hydrogen-bond donors (Lipinski definition) is 0. The molecule has 0 radical (unpaired) electrons. The zero-order valence-electron chi connectivity index (χ0n) is 11.5. The van der Waals surface area contributed by atoms with Gasteiger partial charge in [-0.25, -0.2) is 14.4 Å². The van der Waals surface area contributed by atoms with Gasteiger partial charge in [0.05, 0.1) is 5.69 Å². The maximum absolute atomic E-state index is 13.0. The lowest BCUT2D eigenvalue weighted by Crippen LogP contribution is -2.14. The monoisotopic (exact) mass is 299 g/mol. The third kappa shape index (κ3) is 2.92. The Hall–Kier alpha value is -2.27. The summed E-state index contributed by atoms with van der Waals surface area (Å²) in [6.07, 6.45) is 1.73. The van der Waals surface area contributed by atoms with Crippen LogP contribution in [-0.4, -0.2) is 9.55 Å². The third-order valence-corrected chi connectivity index (χ3v) is 3.98. The van der Waals surface area contributed by atoms with Crippen molar-refractivity contribution in [2.45, 2.75) is 13.5 Å². The number of aromatic nitrogens is 2. The minimum Gasteiger partial charge on any atom is -0.317 e. The SMILES string of the molecule is CCn1c(-c2ccc(F)cc2)cs/c1=N\c1ccccn1. The van der Waals surface area contributed by atoms with Gasteiger partial charge in [0.15, 0.2) is 10.6 Å². The molecule has 21 heavy (non-hydrogen) atoms. The second-order valence-electron chi connectivity index (χ2n) is 4.45. The Morgan fingerprint density at radius 1 is 1.19 bits per heavy atom. The van der Waals surface area contributed by atoms with E-state index >= 15 is 0 Å². The van der Waals surface area contributed by atoms with Crippen molar-refractivity contribution < 1.29 is 4.39 Å². The van der Waals surface area contributed by atoms with E-state index in [-0.39, 0.29) is 5.82 Å². The van der Waals surface area contributed by atoms with Gasteiger partial charge in [0.25, 0.3) is 0 Å². The zero-order valence-corrected chi connectivity index (χ0v) is 12.3. The van der Waals surface area contributed by atoms with Crippen molar-refractivity contribution in [1.29, 1.82) is 0 Å². The van der Waals surface area contributed by atoms with E-state index in [9.17, 15) is 4.39 Å². The predicted octanol–water partition coefficient (Wildman–Crippen LogP) is 4.00. The molecule has 0 N–H and O–H groups in total. The molecule has 0 unspecified atom stereocenters. The molecule has 0 saturated carbocycles. The van der Waals surface area contributed by atoms with Crippen LogP contribution in [0.3, 0.4) is 0 Å². The number of nitrogens with zero attached hydrogens (tertiary/aromatic N) is 3. The van der Waals surface area contributed by atoms with Crippen LogP contribution in [0.4, 0.5) is 10.2 Å². The van der Waals surface area contributed by atoms with Crippen LogP contribution in [0.15, 0.2) is 59.0 Å². The van der Waals surface area contributed by atoms with Crippen LogP contribution in [0.1, 0.15) is 6.92 Å². The van der Waals surface area contributed by atoms with Gasteiger partial charge in [-0.05, 0) is 48.9 Å². The summed E-state index contributed by atoms with van der Waals surface area (Å²) < 4.78 is 15.2. The topological polar surface area (TPSA) is 30.2 Å². The highest BCUT2D eigenvalue weighted by Crippen LogP contribution is 2.20. The average Bonchev–Trinajstić information content (AvgIpc) is 2.92. The molecule has 0 aliphatic rings. The van der Waals surface area contributed by atoms with Crippen molar-refractivity contribution in [2.75, 3.05) is 0 Å². The molecule has 3 nitrogen and oxygen atoms in total. The highest BCUT2D eigenvalue weighted by Gasteiger charge is 2.07. The molecule has 0 bridgehead atoms. The molecule has 2 heterocycles. The molecule has 0 fully saturated rings. The van der Waals surface area contributed by atoms with Gasteiger partial charge in [-0.3, -0.25) is 0 Å². The standard InChI is InChI=1S/C16H14FN3S/c1-2-20-14(12-6-8-13(17)9-7-12)11-21-16(20)19-15-5-3-4-10-18-15/h3-11H,2H2,1H3/b19-16-. The Labute approximate surface area is 126 Å². The van der Waals surface area contributed by atoms with Gasteiger partial charge < -0.3 is 4.57 Å². The Balaban J connectivity index is 2.09. The molecule has 0 atom stereocenters. The average molecular weight is 299 g/mol. The molecule has 0 aliphatic carbocycles. The summed E-state index contributed by atoms with van der Waals surface area (Å²) in [5.41, 5.74) is 2.02. The fraction of sp³-hybridized carbons (Fsp3) is 0.125. The molecule has 106 valence electrons. The molecule has 3 aromatic rings. The summed E-state index contributed by atoms with van der Waals surface area (Å²) in [5.74, 6) is 0.461. The van der Waals surface area contributed by atoms with Crippen LogP contribution in [0, 0.1) is 5.82 Å². The van der Waals surface area contributed by atoms with Crippen molar-refractivity contribution in [3.63, 3.8) is 0 Å². The molecule has 0 amide bonds. The lowest BCUT2D eigenvalue weighted by Gasteiger charge is -2.05. The molecule has 5 heteroatoms. The smallest absolute Gasteiger partial charge is 0.191 e. The Morgan fingerprint density at radius 3 is 2.67 bits per heavy atom. The van der Waals surface area contributed by atoms with Crippen LogP contribution in [0.5, 0.6) is 0 Å². The summed E-state index contributed by atoms with van der Waals surface area (Å²) in [6, 6.07) is 12.2. The zero-order chi connectivity index (χ0) is 14.7. The highest BCUT2D eigenvalue weighted by atomic mass is 32.1. The summed E-state index contributed by atoms with van der Waals surface area (Å²) in [4.78, 5) is 9.68. The number of pyridine rings is 1.